The van der Waals surface area contributed by atoms with Crippen molar-refractivity contribution in [3.8, 4) is 0 Å². The van der Waals surface area contributed by atoms with Crippen LogP contribution in [0.1, 0.15) is 18.4 Å². The van der Waals surface area contributed by atoms with E-state index in [-0.39, 0.29) is 10.6 Å². The van der Waals surface area contributed by atoms with Gasteiger partial charge in [0.2, 0.25) is 0 Å². The number of benzene rings is 1. The van der Waals surface area contributed by atoms with Crippen molar-refractivity contribution in [3.05, 3.63) is 39.9 Å². The molecule has 0 saturated heterocycles. The number of nitrogens with zero attached hydrogens (tertiary/aromatic N) is 2. The average molecular weight is 249 g/mol. The molecule has 2 rings (SSSR count). The third-order valence-corrected chi connectivity index (χ3v) is 3.53. The van der Waals surface area contributed by atoms with Gasteiger partial charge in [0.1, 0.15) is 0 Å². The largest absolute Gasteiger partial charge is 0.329 e. The SMILES string of the molecule is CN(Cc1cccc([N+](=O)[O-])c1)C(CN)C1CC1. The van der Waals surface area contributed by atoms with Gasteiger partial charge in [-0.2, -0.15) is 0 Å². The quantitative estimate of drug-likeness (QED) is 0.616. The fraction of sp³-hybridized carbons (Fsp3) is 0.538. The highest BCUT2D eigenvalue weighted by Gasteiger charge is 2.32. The lowest BCUT2D eigenvalue weighted by molar-refractivity contribution is -0.384. The van der Waals surface area contributed by atoms with Crippen LogP contribution < -0.4 is 5.73 Å². The predicted octanol–water partition coefficient (Wildman–Crippen LogP) is 1.76. The smallest absolute Gasteiger partial charge is 0.269 e. The maximum atomic E-state index is 10.7. The molecule has 98 valence electrons. The second-order valence-corrected chi connectivity index (χ2v) is 4.98. The predicted molar refractivity (Wildman–Crippen MR) is 70.1 cm³/mol. The van der Waals surface area contributed by atoms with Crippen LogP contribution in [0.25, 0.3) is 0 Å². The van der Waals surface area contributed by atoms with E-state index in [2.05, 4.69) is 4.90 Å². The number of non-ortho nitro benzene ring substituents is 1. The van der Waals surface area contributed by atoms with E-state index < -0.39 is 0 Å². The summed E-state index contributed by atoms with van der Waals surface area (Å²) >= 11 is 0. The molecular formula is C13H19N3O2. The van der Waals surface area contributed by atoms with Crippen LogP contribution in [0.3, 0.4) is 0 Å². The lowest BCUT2D eigenvalue weighted by Gasteiger charge is -2.26. The van der Waals surface area contributed by atoms with E-state index in [0.717, 1.165) is 5.56 Å². The van der Waals surface area contributed by atoms with Crippen molar-refractivity contribution in [2.24, 2.45) is 11.7 Å². The maximum absolute atomic E-state index is 10.7. The van der Waals surface area contributed by atoms with Gasteiger partial charge >= 0.3 is 0 Å². The first-order chi connectivity index (χ1) is 8.61. The Balaban J connectivity index is 2.03. The first-order valence-electron chi connectivity index (χ1n) is 6.25. The van der Waals surface area contributed by atoms with E-state index in [9.17, 15) is 10.1 Å². The molecule has 1 fully saturated rings. The van der Waals surface area contributed by atoms with Crippen LogP contribution >= 0.6 is 0 Å². The summed E-state index contributed by atoms with van der Waals surface area (Å²) in [6, 6.07) is 7.20. The van der Waals surface area contributed by atoms with E-state index in [0.29, 0.717) is 25.0 Å². The Morgan fingerprint density at radius 3 is 2.83 bits per heavy atom. The van der Waals surface area contributed by atoms with Crippen molar-refractivity contribution in [1.82, 2.24) is 4.90 Å². The van der Waals surface area contributed by atoms with Gasteiger partial charge in [-0.15, -0.1) is 0 Å². The van der Waals surface area contributed by atoms with E-state index in [1.807, 2.05) is 13.1 Å². The zero-order valence-corrected chi connectivity index (χ0v) is 10.6. The van der Waals surface area contributed by atoms with Gasteiger partial charge in [-0.25, -0.2) is 0 Å². The Morgan fingerprint density at radius 1 is 1.56 bits per heavy atom. The molecule has 0 radical (unpaired) electrons. The molecule has 0 bridgehead atoms. The zero-order valence-electron chi connectivity index (χ0n) is 10.6. The molecule has 0 amide bonds. The molecule has 1 aliphatic carbocycles. The van der Waals surface area contributed by atoms with Crippen molar-refractivity contribution < 1.29 is 4.92 Å². The maximum Gasteiger partial charge on any atom is 0.269 e. The summed E-state index contributed by atoms with van der Waals surface area (Å²) in [5, 5.41) is 10.7. The molecule has 0 heterocycles. The Morgan fingerprint density at radius 2 is 2.28 bits per heavy atom. The molecule has 1 aliphatic rings. The molecule has 1 atom stereocenters. The minimum Gasteiger partial charge on any atom is -0.329 e. The van der Waals surface area contributed by atoms with Gasteiger partial charge in [0.25, 0.3) is 5.69 Å². The molecule has 0 aliphatic heterocycles. The van der Waals surface area contributed by atoms with E-state index in [4.69, 9.17) is 5.73 Å². The van der Waals surface area contributed by atoms with Crippen LogP contribution in [0.5, 0.6) is 0 Å². The summed E-state index contributed by atoms with van der Waals surface area (Å²) in [5.41, 5.74) is 6.91. The fourth-order valence-corrected chi connectivity index (χ4v) is 2.39. The van der Waals surface area contributed by atoms with Crippen molar-refractivity contribution in [1.29, 1.82) is 0 Å². The molecule has 1 saturated carbocycles. The summed E-state index contributed by atoms with van der Waals surface area (Å²) in [6.45, 7) is 1.36. The zero-order chi connectivity index (χ0) is 13.1. The summed E-state index contributed by atoms with van der Waals surface area (Å²) in [5.74, 6) is 0.707. The number of nitro groups is 1. The minimum atomic E-state index is -0.356. The van der Waals surface area contributed by atoms with Gasteiger partial charge in [0, 0.05) is 31.3 Å². The number of hydrogen-bond acceptors (Lipinski definition) is 4. The van der Waals surface area contributed by atoms with Crippen LogP contribution in [-0.2, 0) is 6.54 Å². The first kappa shape index (κ1) is 13.0. The third-order valence-electron chi connectivity index (χ3n) is 3.53. The number of rotatable bonds is 6. The fourth-order valence-electron chi connectivity index (χ4n) is 2.39. The molecule has 5 nitrogen and oxygen atoms in total. The highest BCUT2D eigenvalue weighted by Crippen LogP contribution is 2.35. The third kappa shape index (κ3) is 3.05. The van der Waals surface area contributed by atoms with E-state index in [1.54, 1.807) is 12.1 Å². The first-order valence-corrected chi connectivity index (χ1v) is 6.25. The van der Waals surface area contributed by atoms with Gasteiger partial charge < -0.3 is 5.73 Å². The van der Waals surface area contributed by atoms with E-state index in [1.165, 1.54) is 18.9 Å². The minimum absolute atomic E-state index is 0.150. The summed E-state index contributed by atoms with van der Waals surface area (Å²) < 4.78 is 0. The lowest BCUT2D eigenvalue weighted by atomic mass is 10.1. The molecule has 5 heteroatoms. The molecule has 1 aromatic rings. The monoisotopic (exact) mass is 249 g/mol. The van der Waals surface area contributed by atoms with Crippen LogP contribution in [0.15, 0.2) is 24.3 Å². The molecule has 1 aromatic carbocycles. The van der Waals surface area contributed by atoms with Crippen LogP contribution in [0.2, 0.25) is 0 Å². The normalized spacial score (nSPS) is 16.8. The van der Waals surface area contributed by atoms with Crippen molar-refractivity contribution >= 4 is 5.69 Å². The number of hydrogen-bond donors (Lipinski definition) is 1. The van der Waals surface area contributed by atoms with Crippen LogP contribution in [0, 0.1) is 16.0 Å². The Hall–Kier alpha value is -1.46. The van der Waals surface area contributed by atoms with Gasteiger partial charge in [0.15, 0.2) is 0 Å². The van der Waals surface area contributed by atoms with Crippen molar-refractivity contribution in [3.63, 3.8) is 0 Å². The van der Waals surface area contributed by atoms with Gasteiger partial charge in [-0.3, -0.25) is 15.0 Å². The molecule has 1 unspecified atom stereocenters. The lowest BCUT2D eigenvalue weighted by Crippen LogP contribution is -2.39. The Kier molecular flexibility index (Phi) is 3.93. The van der Waals surface area contributed by atoms with Crippen LogP contribution in [-0.4, -0.2) is 29.5 Å². The van der Waals surface area contributed by atoms with Gasteiger partial charge in [-0.05, 0) is 31.4 Å². The Labute approximate surface area is 107 Å². The standard InChI is InChI=1S/C13H19N3O2/c1-15(13(8-14)11-5-6-11)9-10-3-2-4-12(7-10)16(17)18/h2-4,7,11,13H,5-6,8-9,14H2,1H3. The average Bonchev–Trinajstić information content (AvgIpc) is 3.14. The number of likely N-dealkylation sites (N-methyl/N-ethyl adjacent to an activating group) is 1. The summed E-state index contributed by atoms with van der Waals surface area (Å²) in [6.07, 6.45) is 2.50. The second-order valence-electron chi connectivity index (χ2n) is 4.98. The second kappa shape index (κ2) is 5.46. The number of nitrogens with two attached hydrogens (primary N) is 1. The van der Waals surface area contributed by atoms with Crippen LogP contribution in [0.4, 0.5) is 5.69 Å². The molecular weight excluding hydrogens is 230 g/mol. The molecule has 2 N–H and O–H groups in total. The van der Waals surface area contributed by atoms with Gasteiger partial charge in [-0.1, -0.05) is 12.1 Å². The Bertz CT molecular complexity index is 432. The number of nitro benzene ring substituents is 1. The highest BCUT2D eigenvalue weighted by molar-refractivity contribution is 5.34. The molecule has 0 spiro atoms. The van der Waals surface area contributed by atoms with E-state index >= 15 is 0 Å². The summed E-state index contributed by atoms with van der Waals surface area (Å²) in [7, 11) is 2.04. The van der Waals surface area contributed by atoms with Crippen molar-refractivity contribution in [2.45, 2.75) is 25.4 Å². The van der Waals surface area contributed by atoms with Crippen molar-refractivity contribution in [2.75, 3.05) is 13.6 Å². The highest BCUT2D eigenvalue weighted by atomic mass is 16.6. The summed E-state index contributed by atoms with van der Waals surface area (Å²) in [4.78, 5) is 12.6. The van der Waals surface area contributed by atoms with Gasteiger partial charge in [0.05, 0.1) is 4.92 Å². The molecule has 0 aromatic heterocycles. The topological polar surface area (TPSA) is 72.4 Å². The molecule has 18 heavy (non-hydrogen) atoms.